The fraction of sp³-hybridized carbons (Fsp3) is 0.636. The van der Waals surface area contributed by atoms with Crippen molar-refractivity contribution in [3.05, 3.63) is 29.8 Å². The van der Waals surface area contributed by atoms with Gasteiger partial charge in [0.1, 0.15) is 36.8 Å². The van der Waals surface area contributed by atoms with Gasteiger partial charge in [0.15, 0.2) is 6.10 Å². The van der Waals surface area contributed by atoms with Gasteiger partial charge in [-0.1, -0.05) is 32.9 Å². The Kier molecular flexibility index (Phi) is 7.91. The first kappa shape index (κ1) is 25.3. The van der Waals surface area contributed by atoms with Crippen LogP contribution in [-0.4, -0.2) is 61.5 Å². The van der Waals surface area contributed by atoms with Crippen LogP contribution in [0.2, 0.25) is 18.1 Å². The third-order valence-corrected chi connectivity index (χ3v) is 10.2. The minimum atomic E-state index is -2.08. The van der Waals surface area contributed by atoms with Gasteiger partial charge in [0.25, 0.3) is 0 Å². The summed E-state index contributed by atoms with van der Waals surface area (Å²) in [5.41, 5.74) is 0.594. The van der Waals surface area contributed by atoms with Crippen LogP contribution in [0.5, 0.6) is 5.75 Å². The van der Waals surface area contributed by atoms with Gasteiger partial charge in [0, 0.05) is 13.8 Å². The van der Waals surface area contributed by atoms with E-state index >= 15 is 0 Å². The zero-order chi connectivity index (χ0) is 23.6. The summed E-state index contributed by atoms with van der Waals surface area (Å²) < 4.78 is 22.5. The molecule has 0 aliphatic carbocycles. The van der Waals surface area contributed by atoms with Crippen LogP contribution in [0, 0.1) is 0 Å². The average Bonchev–Trinajstić information content (AvgIpc) is 2.63. The zero-order valence-corrected chi connectivity index (χ0v) is 20.2. The first-order valence-corrected chi connectivity index (χ1v) is 13.2. The smallest absolute Gasteiger partial charge is 0.303 e. The summed E-state index contributed by atoms with van der Waals surface area (Å²) in [5.74, 6) is -0.531. The fourth-order valence-corrected chi connectivity index (χ4v) is 4.11. The number of benzene rings is 1. The van der Waals surface area contributed by atoms with E-state index in [-0.39, 0.29) is 11.6 Å². The van der Waals surface area contributed by atoms with Crippen molar-refractivity contribution >= 4 is 20.3 Å². The second-order valence-corrected chi connectivity index (χ2v) is 14.1. The van der Waals surface area contributed by atoms with Crippen LogP contribution < -0.4 is 4.43 Å². The summed E-state index contributed by atoms with van der Waals surface area (Å²) in [6.07, 6.45) is -5.82. The molecule has 1 saturated heterocycles. The van der Waals surface area contributed by atoms with E-state index in [0.29, 0.717) is 11.3 Å². The molecule has 2 rings (SSSR count). The summed E-state index contributed by atoms with van der Waals surface area (Å²) in [4.78, 5) is 22.7. The predicted octanol–water partition coefficient (Wildman–Crippen LogP) is 2.73. The molecule has 5 atom stereocenters. The third-order valence-electron chi connectivity index (χ3n) is 5.80. The molecule has 1 aromatic carbocycles. The van der Waals surface area contributed by atoms with Crippen molar-refractivity contribution in [3.63, 3.8) is 0 Å². The van der Waals surface area contributed by atoms with E-state index in [1.807, 2.05) is 6.07 Å². The van der Waals surface area contributed by atoms with Crippen LogP contribution in [0.25, 0.3) is 0 Å². The quantitative estimate of drug-likeness (QED) is 0.499. The molecule has 0 spiro atoms. The second kappa shape index (κ2) is 9.68. The number of hydrogen-bond donors (Lipinski definition) is 2. The van der Waals surface area contributed by atoms with Crippen LogP contribution in [0.3, 0.4) is 0 Å². The Morgan fingerprint density at radius 3 is 2.29 bits per heavy atom. The summed E-state index contributed by atoms with van der Waals surface area (Å²) in [5, 5.41) is 21.4. The number of esters is 2. The van der Waals surface area contributed by atoms with Crippen molar-refractivity contribution < 1.29 is 38.4 Å². The standard InChI is InChI=1S/C22H34O8Si/c1-13(23)27-12-17-21(28-14(2)24)19(26)18(25)20(29-17)15-9-8-10-16(11-15)30-31(6,7)22(3,4)5/h8-11,17-21,25-26H,12H2,1-7H3/t17-,18+,19-,20?,21+/m1/s1. The summed E-state index contributed by atoms with van der Waals surface area (Å²) >= 11 is 0. The lowest BCUT2D eigenvalue weighted by atomic mass is 9.91. The molecule has 31 heavy (non-hydrogen) atoms. The number of hydrogen-bond acceptors (Lipinski definition) is 8. The first-order chi connectivity index (χ1) is 14.2. The number of rotatable bonds is 6. The Hall–Kier alpha value is -1.94. The lowest BCUT2D eigenvalue weighted by molar-refractivity contribution is -0.242. The molecule has 0 bridgehead atoms. The number of aliphatic hydroxyl groups excluding tert-OH is 2. The maximum Gasteiger partial charge on any atom is 0.303 e. The van der Waals surface area contributed by atoms with Crippen LogP contribution in [-0.2, 0) is 23.8 Å². The van der Waals surface area contributed by atoms with Gasteiger partial charge in [-0.2, -0.15) is 0 Å². The first-order valence-electron chi connectivity index (χ1n) is 10.3. The van der Waals surface area contributed by atoms with Gasteiger partial charge in [-0.3, -0.25) is 9.59 Å². The van der Waals surface area contributed by atoms with Crippen molar-refractivity contribution in [1.82, 2.24) is 0 Å². The SMILES string of the molecule is CC(=O)OC[C@H]1OC(c2cccc(O[Si](C)(C)C(C)(C)C)c2)[C@@H](O)[C@@H](O)[C@H]1OC(C)=O. The number of carbonyl (C=O) groups is 2. The van der Waals surface area contributed by atoms with E-state index in [4.69, 9.17) is 18.6 Å². The lowest BCUT2D eigenvalue weighted by Crippen LogP contribution is -2.57. The van der Waals surface area contributed by atoms with Gasteiger partial charge < -0.3 is 28.8 Å². The van der Waals surface area contributed by atoms with Crippen molar-refractivity contribution in [1.29, 1.82) is 0 Å². The highest BCUT2D eigenvalue weighted by molar-refractivity contribution is 6.74. The Morgan fingerprint density at radius 2 is 1.74 bits per heavy atom. The topological polar surface area (TPSA) is 112 Å². The summed E-state index contributed by atoms with van der Waals surface area (Å²) in [6.45, 7) is 12.9. The molecule has 174 valence electrons. The number of carbonyl (C=O) groups excluding carboxylic acids is 2. The van der Waals surface area contributed by atoms with Crippen LogP contribution in [0.15, 0.2) is 24.3 Å². The number of ether oxygens (including phenoxy) is 3. The Balaban J connectivity index is 2.30. The molecule has 0 saturated carbocycles. The molecule has 0 amide bonds. The molecule has 8 nitrogen and oxygen atoms in total. The summed E-state index contributed by atoms with van der Waals surface area (Å²) in [6, 6.07) is 7.16. The molecule has 9 heteroatoms. The largest absolute Gasteiger partial charge is 0.543 e. The molecule has 2 N–H and O–H groups in total. The molecule has 1 aliphatic rings. The molecule has 1 unspecified atom stereocenters. The average molecular weight is 455 g/mol. The highest BCUT2D eigenvalue weighted by atomic mass is 28.4. The maximum absolute atomic E-state index is 11.5. The highest BCUT2D eigenvalue weighted by Gasteiger charge is 2.47. The van der Waals surface area contributed by atoms with Crippen molar-refractivity contribution in [3.8, 4) is 5.75 Å². The molecular weight excluding hydrogens is 420 g/mol. The highest BCUT2D eigenvalue weighted by Crippen LogP contribution is 2.39. The van der Waals surface area contributed by atoms with Crippen LogP contribution in [0.1, 0.15) is 46.3 Å². The number of aliphatic hydroxyl groups is 2. The third kappa shape index (κ3) is 6.28. The molecule has 0 aromatic heterocycles. The van der Waals surface area contributed by atoms with Crippen molar-refractivity contribution in [2.75, 3.05) is 6.61 Å². The van der Waals surface area contributed by atoms with Gasteiger partial charge >= 0.3 is 11.9 Å². The van der Waals surface area contributed by atoms with Gasteiger partial charge in [-0.25, -0.2) is 0 Å². The fourth-order valence-electron chi connectivity index (χ4n) is 3.09. The molecule has 1 heterocycles. The van der Waals surface area contributed by atoms with Gasteiger partial charge in [-0.05, 0) is 35.8 Å². The van der Waals surface area contributed by atoms with E-state index in [1.54, 1.807) is 18.2 Å². The van der Waals surface area contributed by atoms with E-state index in [9.17, 15) is 19.8 Å². The van der Waals surface area contributed by atoms with Crippen molar-refractivity contribution in [2.45, 2.75) is 83.3 Å². The minimum Gasteiger partial charge on any atom is -0.543 e. The monoisotopic (exact) mass is 454 g/mol. The Morgan fingerprint density at radius 1 is 1.10 bits per heavy atom. The predicted molar refractivity (Wildman–Crippen MR) is 116 cm³/mol. The van der Waals surface area contributed by atoms with E-state index < -0.39 is 50.8 Å². The zero-order valence-electron chi connectivity index (χ0n) is 19.2. The van der Waals surface area contributed by atoms with Gasteiger partial charge in [0.05, 0.1) is 0 Å². The minimum absolute atomic E-state index is 0.00637. The maximum atomic E-state index is 11.5. The van der Waals surface area contributed by atoms with Crippen LogP contribution >= 0.6 is 0 Å². The van der Waals surface area contributed by atoms with Gasteiger partial charge in [-0.15, -0.1) is 0 Å². The molecule has 0 radical (unpaired) electrons. The molecule has 1 aromatic rings. The van der Waals surface area contributed by atoms with E-state index in [2.05, 4.69) is 33.9 Å². The van der Waals surface area contributed by atoms with E-state index in [1.165, 1.54) is 13.8 Å². The Bertz CT molecular complexity index is 788. The lowest BCUT2D eigenvalue weighted by Gasteiger charge is -2.42. The normalized spacial score (nSPS) is 26.8. The molecular formula is C22H34O8Si. The Labute approximate surface area is 184 Å². The van der Waals surface area contributed by atoms with E-state index in [0.717, 1.165) is 0 Å². The summed E-state index contributed by atoms with van der Waals surface area (Å²) in [7, 11) is -2.08. The van der Waals surface area contributed by atoms with Crippen molar-refractivity contribution in [2.24, 2.45) is 0 Å². The second-order valence-electron chi connectivity index (χ2n) is 9.39. The van der Waals surface area contributed by atoms with Crippen LogP contribution in [0.4, 0.5) is 0 Å². The molecule has 1 fully saturated rings. The van der Waals surface area contributed by atoms with Gasteiger partial charge in [0.2, 0.25) is 8.32 Å². The molecule has 1 aliphatic heterocycles.